The quantitative estimate of drug-likeness (QED) is 0.685. The summed E-state index contributed by atoms with van der Waals surface area (Å²) < 4.78 is 4.71. The highest BCUT2D eigenvalue weighted by atomic mass is 16.5. The Morgan fingerprint density at radius 1 is 1.12 bits per heavy atom. The Morgan fingerprint density at radius 3 is 2.62 bits per heavy atom. The van der Waals surface area contributed by atoms with Crippen LogP contribution in [0.25, 0.3) is 0 Å². The fourth-order valence-corrected chi connectivity index (χ4v) is 3.66. The minimum absolute atomic E-state index is 0.0363. The van der Waals surface area contributed by atoms with Crippen LogP contribution in [-0.2, 0) is 9.53 Å². The first-order valence-electron chi connectivity index (χ1n) is 6.86. The van der Waals surface area contributed by atoms with Gasteiger partial charge in [0.25, 0.3) is 0 Å². The fraction of sp³-hybridized carbons (Fsp3) is 0.929. The number of methoxy groups -OCH3 is 1. The van der Waals surface area contributed by atoms with Crippen LogP contribution in [0, 0.1) is 17.8 Å². The Balaban J connectivity index is 1.74. The maximum absolute atomic E-state index is 11.1. The van der Waals surface area contributed by atoms with Gasteiger partial charge >= 0.3 is 5.97 Å². The van der Waals surface area contributed by atoms with Crippen LogP contribution in [0.4, 0.5) is 0 Å². The second-order valence-electron chi connectivity index (χ2n) is 5.60. The maximum atomic E-state index is 11.1. The molecule has 0 heterocycles. The molecule has 2 aliphatic carbocycles. The first-order valence-corrected chi connectivity index (χ1v) is 6.86. The van der Waals surface area contributed by atoms with Crippen molar-refractivity contribution in [3.8, 4) is 0 Å². The third-order valence-electron chi connectivity index (χ3n) is 4.63. The van der Waals surface area contributed by atoms with Crippen molar-refractivity contribution in [2.75, 3.05) is 7.11 Å². The minimum Gasteiger partial charge on any atom is -0.469 e. The van der Waals surface area contributed by atoms with Crippen LogP contribution in [0.15, 0.2) is 0 Å². The second kappa shape index (κ2) is 5.70. The molecule has 0 radical (unpaired) electrons. The van der Waals surface area contributed by atoms with Gasteiger partial charge in [-0.05, 0) is 37.0 Å². The normalized spacial score (nSPS) is 34.2. The molecule has 2 heteroatoms. The molecule has 2 rings (SSSR count). The predicted molar refractivity (Wildman–Crippen MR) is 64.0 cm³/mol. The van der Waals surface area contributed by atoms with E-state index in [9.17, 15) is 4.79 Å². The average molecular weight is 224 g/mol. The van der Waals surface area contributed by atoms with Gasteiger partial charge in [0.05, 0.1) is 7.11 Å². The van der Waals surface area contributed by atoms with E-state index in [-0.39, 0.29) is 5.97 Å². The van der Waals surface area contributed by atoms with Crippen molar-refractivity contribution in [1.29, 1.82) is 0 Å². The van der Waals surface area contributed by atoms with Gasteiger partial charge in [0, 0.05) is 6.42 Å². The molecule has 0 aliphatic heterocycles. The number of carbonyl (C=O) groups is 1. The van der Waals surface area contributed by atoms with E-state index in [1.54, 1.807) is 0 Å². The van der Waals surface area contributed by atoms with Gasteiger partial charge in [0.1, 0.15) is 0 Å². The number of esters is 1. The molecule has 2 nitrogen and oxygen atoms in total. The zero-order chi connectivity index (χ0) is 11.4. The third kappa shape index (κ3) is 2.99. The Hall–Kier alpha value is -0.530. The smallest absolute Gasteiger partial charge is 0.305 e. The molecule has 2 fully saturated rings. The third-order valence-corrected chi connectivity index (χ3v) is 4.63. The summed E-state index contributed by atoms with van der Waals surface area (Å²) in [5.74, 6) is 2.75. The van der Waals surface area contributed by atoms with E-state index in [0.717, 1.165) is 24.2 Å². The van der Waals surface area contributed by atoms with Crippen LogP contribution in [0.2, 0.25) is 0 Å². The Labute approximate surface area is 98.7 Å². The second-order valence-corrected chi connectivity index (χ2v) is 5.60. The molecule has 16 heavy (non-hydrogen) atoms. The highest BCUT2D eigenvalue weighted by Crippen LogP contribution is 2.43. The lowest BCUT2D eigenvalue weighted by Crippen LogP contribution is -2.28. The summed E-state index contributed by atoms with van der Waals surface area (Å²) in [5.41, 5.74) is 0. The van der Waals surface area contributed by atoms with Gasteiger partial charge in [-0.15, -0.1) is 0 Å². The van der Waals surface area contributed by atoms with Gasteiger partial charge in [-0.3, -0.25) is 4.79 Å². The number of hydrogen-bond donors (Lipinski definition) is 0. The first kappa shape index (κ1) is 11.9. The standard InChI is InChI=1S/C14H24O2/c1-16-14(15)9-7-11-6-8-12-4-2-3-5-13(12)10-11/h11-13H,2-10H2,1H3. The van der Waals surface area contributed by atoms with Crippen LogP contribution in [0.1, 0.15) is 57.8 Å². The molecule has 0 aromatic heterocycles. The van der Waals surface area contributed by atoms with Gasteiger partial charge < -0.3 is 4.74 Å². The predicted octanol–water partition coefficient (Wildman–Crippen LogP) is 3.55. The molecular formula is C14H24O2. The number of fused-ring (bicyclic) bond motifs is 1. The molecular weight excluding hydrogens is 200 g/mol. The van der Waals surface area contributed by atoms with E-state index in [2.05, 4.69) is 0 Å². The number of ether oxygens (including phenoxy) is 1. The number of hydrogen-bond acceptors (Lipinski definition) is 2. The maximum Gasteiger partial charge on any atom is 0.305 e. The summed E-state index contributed by atoms with van der Waals surface area (Å²) in [4.78, 5) is 11.1. The molecule has 0 aromatic rings. The van der Waals surface area contributed by atoms with E-state index < -0.39 is 0 Å². The van der Waals surface area contributed by atoms with E-state index in [1.165, 1.54) is 52.1 Å². The van der Waals surface area contributed by atoms with Crippen molar-refractivity contribution >= 4 is 5.97 Å². The molecule has 0 amide bonds. The number of rotatable bonds is 3. The van der Waals surface area contributed by atoms with E-state index in [0.29, 0.717) is 6.42 Å². The Bertz CT molecular complexity index is 237. The Kier molecular flexibility index (Phi) is 4.25. The van der Waals surface area contributed by atoms with Crippen molar-refractivity contribution in [2.45, 2.75) is 57.8 Å². The van der Waals surface area contributed by atoms with Crippen LogP contribution in [0.3, 0.4) is 0 Å². The molecule has 2 aliphatic rings. The summed E-state index contributed by atoms with van der Waals surface area (Å²) in [6.07, 6.45) is 11.6. The summed E-state index contributed by atoms with van der Waals surface area (Å²) in [7, 11) is 1.49. The zero-order valence-electron chi connectivity index (χ0n) is 10.4. The molecule has 0 saturated heterocycles. The monoisotopic (exact) mass is 224 g/mol. The highest BCUT2D eigenvalue weighted by molar-refractivity contribution is 5.69. The summed E-state index contributed by atoms with van der Waals surface area (Å²) >= 11 is 0. The van der Waals surface area contributed by atoms with Crippen LogP contribution in [0.5, 0.6) is 0 Å². The lowest BCUT2D eigenvalue weighted by molar-refractivity contribution is -0.141. The SMILES string of the molecule is COC(=O)CCC1CCC2CCCCC2C1. The van der Waals surface area contributed by atoms with Gasteiger partial charge in [-0.2, -0.15) is 0 Å². The molecule has 0 aromatic carbocycles. The molecule has 0 N–H and O–H groups in total. The molecule has 3 atom stereocenters. The van der Waals surface area contributed by atoms with Crippen LogP contribution < -0.4 is 0 Å². The average Bonchev–Trinajstić information content (AvgIpc) is 2.35. The van der Waals surface area contributed by atoms with Crippen molar-refractivity contribution < 1.29 is 9.53 Å². The molecule has 0 bridgehead atoms. The van der Waals surface area contributed by atoms with Crippen molar-refractivity contribution in [3.63, 3.8) is 0 Å². The topological polar surface area (TPSA) is 26.3 Å². The van der Waals surface area contributed by atoms with E-state index >= 15 is 0 Å². The highest BCUT2D eigenvalue weighted by Gasteiger charge is 2.31. The van der Waals surface area contributed by atoms with Crippen molar-refractivity contribution in [2.24, 2.45) is 17.8 Å². The molecule has 2 saturated carbocycles. The van der Waals surface area contributed by atoms with Crippen molar-refractivity contribution in [3.05, 3.63) is 0 Å². The largest absolute Gasteiger partial charge is 0.469 e. The van der Waals surface area contributed by atoms with Gasteiger partial charge in [-0.1, -0.05) is 32.1 Å². The molecule has 0 spiro atoms. The summed E-state index contributed by atoms with van der Waals surface area (Å²) in [6.45, 7) is 0. The van der Waals surface area contributed by atoms with Crippen LogP contribution >= 0.6 is 0 Å². The molecule has 92 valence electrons. The summed E-state index contributed by atoms with van der Waals surface area (Å²) in [5, 5.41) is 0. The van der Waals surface area contributed by atoms with Gasteiger partial charge in [0.15, 0.2) is 0 Å². The number of carbonyl (C=O) groups excluding carboxylic acids is 1. The Morgan fingerprint density at radius 2 is 1.88 bits per heavy atom. The zero-order valence-corrected chi connectivity index (χ0v) is 10.4. The first-order chi connectivity index (χ1) is 7.79. The summed E-state index contributed by atoms with van der Waals surface area (Å²) in [6, 6.07) is 0. The lowest BCUT2D eigenvalue weighted by Gasteiger charge is -2.39. The van der Waals surface area contributed by atoms with E-state index in [1.807, 2.05) is 0 Å². The minimum atomic E-state index is -0.0363. The van der Waals surface area contributed by atoms with Gasteiger partial charge in [-0.25, -0.2) is 0 Å². The molecule has 3 unspecified atom stereocenters. The lowest BCUT2D eigenvalue weighted by atomic mass is 9.67. The van der Waals surface area contributed by atoms with Crippen molar-refractivity contribution in [1.82, 2.24) is 0 Å². The van der Waals surface area contributed by atoms with Crippen LogP contribution in [-0.4, -0.2) is 13.1 Å². The van der Waals surface area contributed by atoms with Gasteiger partial charge in [0.2, 0.25) is 0 Å². The fourth-order valence-electron chi connectivity index (χ4n) is 3.66. The van der Waals surface area contributed by atoms with E-state index in [4.69, 9.17) is 4.74 Å².